The van der Waals surface area contributed by atoms with E-state index < -0.39 is 5.91 Å². The Morgan fingerprint density at radius 3 is 2.45 bits per heavy atom. The highest BCUT2D eigenvalue weighted by Crippen LogP contribution is 1.91. The van der Waals surface area contributed by atoms with Crippen LogP contribution in [0, 0.1) is 0 Å². The molecule has 0 bridgehead atoms. The van der Waals surface area contributed by atoms with E-state index in [9.17, 15) is 9.18 Å². The summed E-state index contributed by atoms with van der Waals surface area (Å²) in [5.41, 5.74) is 5.38. The fraction of sp³-hybridized carbons (Fsp3) is 0.333. The van der Waals surface area contributed by atoms with E-state index in [1.165, 1.54) is 10.9 Å². The lowest BCUT2D eigenvalue weighted by Gasteiger charge is -1.82. The number of carbonyl (C=O) groups excluding carboxylic acids is 1. The van der Waals surface area contributed by atoms with Crippen molar-refractivity contribution in [2.24, 2.45) is 12.8 Å². The number of hydrogen-bond acceptors (Lipinski definition) is 2. The van der Waals surface area contributed by atoms with Gasteiger partial charge in [0.2, 0.25) is 0 Å². The van der Waals surface area contributed by atoms with E-state index >= 15 is 0 Å². The van der Waals surface area contributed by atoms with Crippen LogP contribution in [0.25, 0.3) is 0 Å². The normalized spacial score (nSPS) is 8.27. The SMILES string of the molecule is CF.Cn1cc(C(N)=O)cn1. The van der Waals surface area contributed by atoms with Gasteiger partial charge in [-0.05, 0) is 0 Å². The van der Waals surface area contributed by atoms with Gasteiger partial charge in [-0.1, -0.05) is 0 Å². The molecule has 0 aliphatic carbocycles. The van der Waals surface area contributed by atoms with Crippen LogP contribution in [0.5, 0.6) is 0 Å². The fourth-order valence-corrected chi connectivity index (χ4v) is 0.548. The van der Waals surface area contributed by atoms with Crippen molar-refractivity contribution in [3.8, 4) is 0 Å². The first-order valence-electron chi connectivity index (χ1n) is 2.86. The quantitative estimate of drug-likeness (QED) is 0.632. The molecule has 0 saturated carbocycles. The molecule has 0 saturated heterocycles. The van der Waals surface area contributed by atoms with E-state index in [1.54, 1.807) is 13.2 Å². The second kappa shape index (κ2) is 4.43. The number of hydrogen-bond donors (Lipinski definition) is 1. The summed E-state index contributed by atoms with van der Waals surface area (Å²) in [7, 11) is 2.23. The van der Waals surface area contributed by atoms with E-state index in [4.69, 9.17) is 5.73 Å². The van der Waals surface area contributed by atoms with Crippen LogP contribution in [0.1, 0.15) is 10.4 Å². The van der Waals surface area contributed by atoms with E-state index in [1.807, 2.05) is 0 Å². The summed E-state index contributed by atoms with van der Waals surface area (Å²) in [6.07, 6.45) is 3.00. The van der Waals surface area contributed by atoms with E-state index in [-0.39, 0.29) is 0 Å². The van der Waals surface area contributed by atoms with E-state index in [0.717, 1.165) is 0 Å². The Balaban J connectivity index is 0.000000461. The van der Waals surface area contributed by atoms with Gasteiger partial charge in [-0.2, -0.15) is 5.10 Å². The smallest absolute Gasteiger partial charge is 0.251 e. The molecule has 0 aliphatic rings. The van der Waals surface area contributed by atoms with Gasteiger partial charge in [0.05, 0.1) is 18.9 Å². The monoisotopic (exact) mass is 159 g/mol. The first kappa shape index (κ1) is 9.61. The maximum Gasteiger partial charge on any atom is 0.251 e. The first-order valence-corrected chi connectivity index (χ1v) is 2.86. The lowest BCUT2D eigenvalue weighted by Crippen LogP contribution is -2.09. The Morgan fingerprint density at radius 1 is 1.73 bits per heavy atom. The summed E-state index contributed by atoms with van der Waals surface area (Å²) in [4.78, 5) is 10.4. The van der Waals surface area contributed by atoms with Crippen LogP contribution in [0.2, 0.25) is 0 Å². The molecular weight excluding hydrogens is 149 g/mol. The van der Waals surface area contributed by atoms with Crippen LogP contribution >= 0.6 is 0 Å². The number of nitrogens with two attached hydrogens (primary N) is 1. The zero-order valence-electron chi connectivity index (χ0n) is 6.41. The average molecular weight is 159 g/mol. The van der Waals surface area contributed by atoms with Gasteiger partial charge in [0.1, 0.15) is 0 Å². The number of rotatable bonds is 1. The lowest BCUT2D eigenvalue weighted by molar-refractivity contribution is 0.1000. The molecule has 1 amide bonds. The molecule has 62 valence electrons. The van der Waals surface area contributed by atoms with Gasteiger partial charge in [-0.3, -0.25) is 13.9 Å². The average Bonchev–Trinajstić information content (AvgIpc) is 2.40. The largest absolute Gasteiger partial charge is 0.366 e. The summed E-state index contributed by atoms with van der Waals surface area (Å²) in [5, 5.41) is 3.75. The van der Waals surface area contributed by atoms with Crippen molar-refractivity contribution in [1.29, 1.82) is 0 Å². The number of nitrogens with zero attached hydrogens (tertiary/aromatic N) is 2. The van der Waals surface area contributed by atoms with Crippen LogP contribution in [-0.4, -0.2) is 22.9 Å². The summed E-state index contributed by atoms with van der Waals surface area (Å²) >= 11 is 0. The molecular formula is C6H10FN3O. The minimum absolute atomic E-state index is 0.442. The third-order valence-corrected chi connectivity index (χ3v) is 0.989. The number of aromatic nitrogens is 2. The van der Waals surface area contributed by atoms with Crippen LogP contribution < -0.4 is 5.73 Å². The molecule has 0 unspecified atom stereocenters. The molecule has 0 aromatic carbocycles. The standard InChI is InChI=1S/C5H7N3O.CH3F/c1-8-3-4(2-7-8)5(6)9;1-2/h2-3H,1H3,(H2,6,9);1H3. The Labute approximate surface area is 63.8 Å². The molecule has 0 atom stereocenters. The molecule has 0 aliphatic heterocycles. The molecule has 1 aromatic heterocycles. The summed E-state index contributed by atoms with van der Waals surface area (Å²) < 4.78 is 11.0. The minimum Gasteiger partial charge on any atom is -0.366 e. The predicted octanol–water partition coefficient (Wildman–Crippen LogP) is 0.105. The predicted molar refractivity (Wildman–Crippen MR) is 38.8 cm³/mol. The van der Waals surface area contributed by atoms with Crippen LogP contribution in [0.4, 0.5) is 4.39 Å². The highest BCUT2D eigenvalue weighted by molar-refractivity contribution is 5.92. The van der Waals surface area contributed by atoms with Crippen LogP contribution in [0.15, 0.2) is 12.4 Å². The van der Waals surface area contributed by atoms with Crippen molar-refractivity contribution in [2.45, 2.75) is 0 Å². The van der Waals surface area contributed by atoms with Crippen molar-refractivity contribution in [3.63, 3.8) is 0 Å². The lowest BCUT2D eigenvalue weighted by atomic mass is 10.4. The number of alkyl halides is 1. The molecule has 0 radical (unpaired) electrons. The van der Waals surface area contributed by atoms with Crippen LogP contribution in [-0.2, 0) is 7.05 Å². The molecule has 4 nitrogen and oxygen atoms in total. The highest BCUT2D eigenvalue weighted by atomic mass is 19.1. The van der Waals surface area contributed by atoms with Gasteiger partial charge in [-0.25, -0.2) is 0 Å². The third kappa shape index (κ3) is 2.79. The molecule has 5 heteroatoms. The molecule has 2 N–H and O–H groups in total. The number of amides is 1. The first-order chi connectivity index (χ1) is 5.20. The van der Waals surface area contributed by atoms with Crippen molar-refractivity contribution < 1.29 is 9.18 Å². The zero-order valence-corrected chi connectivity index (χ0v) is 6.41. The molecule has 1 aromatic rings. The number of aryl methyl sites for hydroxylation is 1. The molecule has 11 heavy (non-hydrogen) atoms. The van der Waals surface area contributed by atoms with Crippen molar-refractivity contribution in [2.75, 3.05) is 7.18 Å². The van der Waals surface area contributed by atoms with E-state index in [2.05, 4.69) is 5.10 Å². The van der Waals surface area contributed by atoms with Crippen molar-refractivity contribution >= 4 is 5.91 Å². The Morgan fingerprint density at radius 2 is 2.27 bits per heavy atom. The number of carbonyl (C=O) groups is 1. The third-order valence-electron chi connectivity index (χ3n) is 0.989. The second-order valence-electron chi connectivity index (χ2n) is 1.77. The minimum atomic E-state index is -0.442. The molecule has 1 heterocycles. The van der Waals surface area contributed by atoms with Crippen LogP contribution in [0.3, 0.4) is 0 Å². The van der Waals surface area contributed by atoms with Gasteiger partial charge < -0.3 is 5.73 Å². The summed E-state index contributed by atoms with van der Waals surface area (Å²) in [6.45, 7) is 0. The Kier molecular flexibility index (Phi) is 3.87. The number of halogens is 1. The van der Waals surface area contributed by atoms with Gasteiger partial charge in [-0.15, -0.1) is 0 Å². The Hall–Kier alpha value is -1.39. The van der Waals surface area contributed by atoms with Crippen molar-refractivity contribution in [1.82, 2.24) is 9.78 Å². The van der Waals surface area contributed by atoms with Crippen molar-refractivity contribution in [3.05, 3.63) is 18.0 Å². The van der Waals surface area contributed by atoms with Gasteiger partial charge in [0.15, 0.2) is 0 Å². The topological polar surface area (TPSA) is 60.9 Å². The summed E-state index contributed by atoms with van der Waals surface area (Å²) in [5.74, 6) is -0.442. The van der Waals surface area contributed by atoms with Gasteiger partial charge in [0, 0.05) is 13.2 Å². The summed E-state index contributed by atoms with van der Waals surface area (Å²) in [6, 6.07) is 0. The van der Waals surface area contributed by atoms with Gasteiger partial charge >= 0.3 is 0 Å². The molecule has 0 spiro atoms. The number of primary amides is 1. The maximum absolute atomic E-state index is 10.4. The molecule has 1 rings (SSSR count). The van der Waals surface area contributed by atoms with Gasteiger partial charge in [0.25, 0.3) is 5.91 Å². The Bertz CT molecular complexity index is 233. The van der Waals surface area contributed by atoms with E-state index in [0.29, 0.717) is 12.7 Å². The second-order valence-corrected chi connectivity index (χ2v) is 1.77. The highest BCUT2D eigenvalue weighted by Gasteiger charge is 1.99. The maximum atomic E-state index is 10.4. The fourth-order valence-electron chi connectivity index (χ4n) is 0.548. The molecule has 0 fully saturated rings. The zero-order chi connectivity index (χ0) is 8.85.